The maximum atomic E-state index is 10.1. The Bertz CT molecular complexity index is 494. The summed E-state index contributed by atoms with van der Waals surface area (Å²) in [6, 6.07) is 8.13. The molecule has 2 rings (SSSR count). The molecule has 0 bridgehead atoms. The van der Waals surface area contributed by atoms with Gasteiger partial charge in [-0.1, -0.05) is 29.8 Å². The van der Waals surface area contributed by atoms with E-state index in [0.717, 1.165) is 11.3 Å². The van der Waals surface area contributed by atoms with E-state index in [4.69, 9.17) is 0 Å². The minimum absolute atomic E-state index is 0.569. The molecule has 1 aromatic carbocycles. The number of aromatic nitrogens is 2. The number of benzene rings is 1. The fraction of sp³-hybridized carbons (Fsp3) is 0.286. The fourth-order valence-electron chi connectivity index (χ4n) is 1.74. The predicted octanol–water partition coefficient (Wildman–Crippen LogP) is 2.37. The first kappa shape index (κ1) is 11.7. The van der Waals surface area contributed by atoms with Crippen LogP contribution in [0.2, 0.25) is 0 Å². The highest BCUT2D eigenvalue weighted by Gasteiger charge is 2.10. The second-order valence-corrected chi connectivity index (χ2v) is 4.29. The van der Waals surface area contributed by atoms with Gasteiger partial charge in [0.25, 0.3) is 0 Å². The quantitative estimate of drug-likeness (QED) is 0.877. The Balaban J connectivity index is 2.11. The third-order valence-electron chi connectivity index (χ3n) is 2.65. The molecule has 1 N–H and O–H groups in total. The van der Waals surface area contributed by atoms with Gasteiger partial charge in [-0.2, -0.15) is 0 Å². The molecule has 1 heterocycles. The first-order valence-electron chi connectivity index (χ1n) is 5.67. The van der Waals surface area contributed by atoms with Crippen LogP contribution in [0.25, 0.3) is 0 Å². The van der Waals surface area contributed by atoms with Gasteiger partial charge in [0, 0.05) is 12.6 Å². The lowest BCUT2D eigenvalue weighted by atomic mass is 10.0. The van der Waals surface area contributed by atoms with E-state index in [9.17, 15) is 5.11 Å². The van der Waals surface area contributed by atoms with Crippen molar-refractivity contribution >= 4 is 0 Å². The zero-order valence-corrected chi connectivity index (χ0v) is 10.1. The van der Waals surface area contributed by atoms with Gasteiger partial charge in [0.15, 0.2) is 0 Å². The summed E-state index contributed by atoms with van der Waals surface area (Å²) in [5.41, 5.74) is 3.79. The molecule has 3 heteroatoms. The van der Waals surface area contributed by atoms with Gasteiger partial charge < -0.3 is 5.11 Å². The Kier molecular flexibility index (Phi) is 3.49. The van der Waals surface area contributed by atoms with E-state index in [1.807, 2.05) is 32.0 Å². The number of rotatable bonds is 3. The summed E-state index contributed by atoms with van der Waals surface area (Å²) in [6.07, 6.45) is 3.29. The van der Waals surface area contributed by atoms with Crippen LogP contribution in [0.1, 0.15) is 28.6 Å². The minimum Gasteiger partial charge on any atom is -0.386 e. The highest BCUT2D eigenvalue weighted by molar-refractivity contribution is 5.23. The molecule has 1 unspecified atom stereocenters. The zero-order valence-electron chi connectivity index (χ0n) is 10.1. The van der Waals surface area contributed by atoms with Crippen molar-refractivity contribution in [1.82, 2.24) is 9.97 Å². The number of hydrogen-bond acceptors (Lipinski definition) is 3. The van der Waals surface area contributed by atoms with Crippen LogP contribution < -0.4 is 0 Å². The molecule has 17 heavy (non-hydrogen) atoms. The molecular weight excluding hydrogens is 212 g/mol. The van der Waals surface area contributed by atoms with E-state index in [0.29, 0.717) is 12.1 Å². The number of aliphatic hydroxyl groups excluding tert-OH is 1. The lowest BCUT2D eigenvalue weighted by Gasteiger charge is -2.10. The molecule has 2 aromatic rings. The van der Waals surface area contributed by atoms with Crippen molar-refractivity contribution in [3.05, 3.63) is 59.2 Å². The van der Waals surface area contributed by atoms with Crippen molar-refractivity contribution in [3.8, 4) is 0 Å². The van der Waals surface area contributed by atoms with E-state index in [-0.39, 0.29) is 0 Å². The SMILES string of the molecule is Cc1cccc(CC(O)c2cnc(C)cn2)c1. The highest BCUT2D eigenvalue weighted by atomic mass is 16.3. The molecule has 1 atom stereocenters. The molecule has 0 spiro atoms. The lowest BCUT2D eigenvalue weighted by Crippen LogP contribution is -2.05. The van der Waals surface area contributed by atoms with Gasteiger partial charge in [-0.05, 0) is 19.4 Å². The zero-order chi connectivity index (χ0) is 12.3. The number of nitrogens with zero attached hydrogens (tertiary/aromatic N) is 2. The van der Waals surface area contributed by atoms with Crippen LogP contribution in [-0.4, -0.2) is 15.1 Å². The van der Waals surface area contributed by atoms with Crippen molar-refractivity contribution in [2.75, 3.05) is 0 Å². The van der Waals surface area contributed by atoms with Gasteiger partial charge in [-0.15, -0.1) is 0 Å². The number of aliphatic hydroxyl groups is 1. The van der Waals surface area contributed by atoms with Crippen molar-refractivity contribution < 1.29 is 5.11 Å². The average molecular weight is 228 g/mol. The second-order valence-electron chi connectivity index (χ2n) is 4.29. The third-order valence-corrected chi connectivity index (χ3v) is 2.65. The van der Waals surface area contributed by atoms with Gasteiger partial charge in [0.2, 0.25) is 0 Å². The maximum absolute atomic E-state index is 10.1. The Morgan fingerprint density at radius 3 is 2.65 bits per heavy atom. The normalized spacial score (nSPS) is 12.4. The fourth-order valence-corrected chi connectivity index (χ4v) is 1.74. The molecule has 0 aliphatic rings. The maximum Gasteiger partial charge on any atom is 0.102 e. The Morgan fingerprint density at radius 2 is 2.00 bits per heavy atom. The standard InChI is InChI=1S/C14H16N2O/c1-10-4-3-5-12(6-10)7-14(17)13-9-15-11(2)8-16-13/h3-6,8-9,14,17H,7H2,1-2H3. The third kappa shape index (κ3) is 3.11. The largest absolute Gasteiger partial charge is 0.386 e. The van der Waals surface area contributed by atoms with Gasteiger partial charge >= 0.3 is 0 Å². The van der Waals surface area contributed by atoms with E-state index < -0.39 is 6.10 Å². The molecule has 0 radical (unpaired) electrons. The molecule has 0 amide bonds. The molecule has 3 nitrogen and oxygen atoms in total. The monoisotopic (exact) mass is 228 g/mol. The molecule has 88 valence electrons. The predicted molar refractivity (Wildman–Crippen MR) is 66.6 cm³/mol. The number of aryl methyl sites for hydroxylation is 2. The smallest absolute Gasteiger partial charge is 0.102 e. The van der Waals surface area contributed by atoms with Crippen LogP contribution in [0.5, 0.6) is 0 Å². The van der Waals surface area contributed by atoms with Gasteiger partial charge in [0.05, 0.1) is 17.6 Å². The Morgan fingerprint density at radius 1 is 1.18 bits per heavy atom. The summed E-state index contributed by atoms with van der Waals surface area (Å²) in [6.45, 7) is 3.92. The first-order valence-corrected chi connectivity index (χ1v) is 5.67. The molecule has 0 saturated carbocycles. The summed E-state index contributed by atoms with van der Waals surface area (Å²) in [4.78, 5) is 8.32. The molecule has 0 aliphatic carbocycles. The lowest BCUT2D eigenvalue weighted by molar-refractivity contribution is 0.173. The van der Waals surface area contributed by atoms with Crippen molar-refractivity contribution in [2.45, 2.75) is 26.4 Å². The van der Waals surface area contributed by atoms with E-state index in [1.165, 1.54) is 5.56 Å². The number of hydrogen-bond donors (Lipinski definition) is 1. The molecular formula is C14H16N2O. The molecule has 0 aliphatic heterocycles. The topological polar surface area (TPSA) is 46.0 Å². The van der Waals surface area contributed by atoms with E-state index in [2.05, 4.69) is 16.0 Å². The second kappa shape index (κ2) is 5.06. The Hall–Kier alpha value is -1.74. The summed E-state index contributed by atoms with van der Waals surface area (Å²) in [7, 11) is 0. The molecule has 0 fully saturated rings. The van der Waals surface area contributed by atoms with Crippen LogP contribution in [0.3, 0.4) is 0 Å². The summed E-state index contributed by atoms with van der Waals surface area (Å²) >= 11 is 0. The van der Waals surface area contributed by atoms with Gasteiger partial charge in [0.1, 0.15) is 6.10 Å². The van der Waals surface area contributed by atoms with Crippen molar-refractivity contribution in [3.63, 3.8) is 0 Å². The molecule has 0 saturated heterocycles. The van der Waals surface area contributed by atoms with Crippen LogP contribution in [0.15, 0.2) is 36.7 Å². The van der Waals surface area contributed by atoms with Crippen LogP contribution >= 0.6 is 0 Å². The van der Waals surface area contributed by atoms with Crippen LogP contribution in [0, 0.1) is 13.8 Å². The van der Waals surface area contributed by atoms with Crippen molar-refractivity contribution in [2.24, 2.45) is 0 Å². The minimum atomic E-state index is -0.593. The van der Waals surface area contributed by atoms with Gasteiger partial charge in [-0.25, -0.2) is 0 Å². The van der Waals surface area contributed by atoms with E-state index >= 15 is 0 Å². The first-order chi connectivity index (χ1) is 8.15. The van der Waals surface area contributed by atoms with Crippen LogP contribution in [0.4, 0.5) is 0 Å². The highest BCUT2D eigenvalue weighted by Crippen LogP contribution is 2.16. The van der Waals surface area contributed by atoms with Gasteiger partial charge in [-0.3, -0.25) is 9.97 Å². The van der Waals surface area contributed by atoms with Crippen molar-refractivity contribution in [1.29, 1.82) is 0 Å². The van der Waals surface area contributed by atoms with Crippen LogP contribution in [-0.2, 0) is 6.42 Å². The average Bonchev–Trinajstić information content (AvgIpc) is 2.29. The Labute approximate surface area is 101 Å². The summed E-state index contributed by atoms with van der Waals surface area (Å²) < 4.78 is 0. The molecule has 1 aromatic heterocycles. The summed E-state index contributed by atoms with van der Waals surface area (Å²) in [5.74, 6) is 0. The van der Waals surface area contributed by atoms with E-state index in [1.54, 1.807) is 12.4 Å². The summed E-state index contributed by atoms with van der Waals surface area (Å²) in [5, 5.41) is 10.1.